The molecular formula is C14H27N3O. The fraction of sp³-hybridized carbons (Fsp3) is 0.929. The molecule has 2 N–H and O–H groups in total. The highest BCUT2D eigenvalue weighted by Crippen LogP contribution is 2.22. The van der Waals surface area contributed by atoms with Gasteiger partial charge >= 0.3 is 0 Å². The van der Waals surface area contributed by atoms with Crippen LogP contribution in [0.25, 0.3) is 0 Å². The van der Waals surface area contributed by atoms with E-state index in [4.69, 9.17) is 5.73 Å². The van der Waals surface area contributed by atoms with Gasteiger partial charge in [0.2, 0.25) is 5.91 Å². The lowest BCUT2D eigenvalue weighted by Crippen LogP contribution is -2.48. The van der Waals surface area contributed by atoms with E-state index in [1.807, 2.05) is 4.90 Å². The first-order chi connectivity index (χ1) is 8.70. The lowest BCUT2D eigenvalue weighted by atomic mass is 9.94. The molecule has 2 fully saturated rings. The third-order valence-electron chi connectivity index (χ3n) is 4.48. The van der Waals surface area contributed by atoms with Crippen molar-refractivity contribution in [3.8, 4) is 0 Å². The summed E-state index contributed by atoms with van der Waals surface area (Å²) in [5.74, 6) is 0.765. The zero-order valence-corrected chi connectivity index (χ0v) is 11.6. The summed E-state index contributed by atoms with van der Waals surface area (Å²) < 4.78 is 0. The molecule has 104 valence electrons. The highest BCUT2D eigenvalue weighted by Gasteiger charge is 2.26. The van der Waals surface area contributed by atoms with Crippen LogP contribution in [-0.2, 0) is 4.79 Å². The van der Waals surface area contributed by atoms with Gasteiger partial charge in [0, 0.05) is 25.7 Å². The van der Waals surface area contributed by atoms with Crippen molar-refractivity contribution in [2.45, 2.75) is 45.1 Å². The van der Waals surface area contributed by atoms with Crippen LogP contribution < -0.4 is 5.73 Å². The van der Waals surface area contributed by atoms with Gasteiger partial charge in [0.25, 0.3) is 0 Å². The van der Waals surface area contributed by atoms with E-state index in [2.05, 4.69) is 11.8 Å². The van der Waals surface area contributed by atoms with Crippen molar-refractivity contribution >= 4 is 5.91 Å². The van der Waals surface area contributed by atoms with Crippen LogP contribution >= 0.6 is 0 Å². The summed E-state index contributed by atoms with van der Waals surface area (Å²) >= 11 is 0. The number of likely N-dealkylation sites (tertiary alicyclic amines) is 2. The molecule has 0 spiro atoms. The van der Waals surface area contributed by atoms with Crippen molar-refractivity contribution in [3.63, 3.8) is 0 Å². The van der Waals surface area contributed by atoms with Crippen LogP contribution in [0.5, 0.6) is 0 Å². The van der Waals surface area contributed by atoms with Crippen LogP contribution in [0.1, 0.15) is 39.0 Å². The SMILES string of the molecule is C[C@H]1CCCCN1C[C@@H]1CCCN(C(=O)CN)C1. The second-order valence-corrected chi connectivity index (χ2v) is 5.89. The van der Waals surface area contributed by atoms with Gasteiger partial charge in [0.05, 0.1) is 6.54 Å². The molecule has 0 unspecified atom stereocenters. The molecule has 2 rings (SSSR count). The molecule has 1 amide bonds. The predicted octanol–water partition coefficient (Wildman–Crippen LogP) is 1.06. The van der Waals surface area contributed by atoms with Crippen molar-refractivity contribution in [2.24, 2.45) is 11.7 Å². The zero-order chi connectivity index (χ0) is 13.0. The standard InChI is InChI=1S/C14H27N3O/c1-12-5-2-3-7-16(12)10-13-6-4-8-17(11-13)14(18)9-15/h12-13H,2-11,15H2,1H3/t12-,13-/m0/s1. The maximum absolute atomic E-state index is 11.7. The molecule has 2 saturated heterocycles. The van der Waals surface area contributed by atoms with Gasteiger partial charge in [-0.15, -0.1) is 0 Å². The fourth-order valence-electron chi connectivity index (χ4n) is 3.33. The van der Waals surface area contributed by atoms with E-state index in [-0.39, 0.29) is 12.5 Å². The van der Waals surface area contributed by atoms with Crippen LogP contribution in [0.2, 0.25) is 0 Å². The van der Waals surface area contributed by atoms with Gasteiger partial charge < -0.3 is 15.5 Å². The molecule has 0 aromatic heterocycles. The molecule has 2 heterocycles. The quantitative estimate of drug-likeness (QED) is 0.818. The smallest absolute Gasteiger partial charge is 0.236 e. The van der Waals surface area contributed by atoms with Crippen molar-refractivity contribution in [1.29, 1.82) is 0 Å². The molecule has 2 aliphatic heterocycles. The van der Waals surface area contributed by atoms with E-state index in [1.54, 1.807) is 0 Å². The van der Waals surface area contributed by atoms with E-state index in [9.17, 15) is 4.79 Å². The Balaban J connectivity index is 1.83. The number of nitrogens with zero attached hydrogens (tertiary/aromatic N) is 2. The Morgan fingerprint density at radius 3 is 2.78 bits per heavy atom. The van der Waals surface area contributed by atoms with Crippen molar-refractivity contribution in [3.05, 3.63) is 0 Å². The first-order valence-corrected chi connectivity index (χ1v) is 7.42. The normalized spacial score (nSPS) is 30.4. The van der Waals surface area contributed by atoms with Crippen LogP contribution in [0.4, 0.5) is 0 Å². The van der Waals surface area contributed by atoms with Gasteiger partial charge in [-0.1, -0.05) is 6.42 Å². The average molecular weight is 253 g/mol. The van der Waals surface area contributed by atoms with E-state index in [1.165, 1.54) is 32.2 Å². The molecule has 4 heteroatoms. The highest BCUT2D eigenvalue weighted by molar-refractivity contribution is 5.78. The molecule has 0 aromatic carbocycles. The highest BCUT2D eigenvalue weighted by atomic mass is 16.2. The van der Waals surface area contributed by atoms with Crippen LogP contribution in [0, 0.1) is 5.92 Å². The lowest BCUT2D eigenvalue weighted by molar-refractivity contribution is -0.131. The minimum atomic E-state index is 0.117. The van der Waals surface area contributed by atoms with Crippen LogP contribution in [0.3, 0.4) is 0 Å². The third kappa shape index (κ3) is 3.45. The Morgan fingerprint density at radius 1 is 1.22 bits per heavy atom. The Bertz CT molecular complexity index is 282. The molecule has 0 aromatic rings. The monoisotopic (exact) mass is 253 g/mol. The van der Waals surface area contributed by atoms with Crippen LogP contribution in [-0.4, -0.2) is 54.5 Å². The molecule has 0 saturated carbocycles. The number of hydrogen-bond donors (Lipinski definition) is 1. The average Bonchev–Trinajstić information content (AvgIpc) is 2.41. The molecule has 0 aliphatic carbocycles. The van der Waals surface area contributed by atoms with Gasteiger partial charge in [-0.25, -0.2) is 0 Å². The predicted molar refractivity (Wildman–Crippen MR) is 73.2 cm³/mol. The van der Waals surface area contributed by atoms with Gasteiger partial charge in [0.1, 0.15) is 0 Å². The number of amides is 1. The summed E-state index contributed by atoms with van der Waals surface area (Å²) in [5.41, 5.74) is 5.45. The van der Waals surface area contributed by atoms with E-state index < -0.39 is 0 Å². The Labute approximate surface area is 110 Å². The summed E-state index contributed by atoms with van der Waals surface area (Å²) in [6, 6.07) is 0.722. The summed E-state index contributed by atoms with van der Waals surface area (Å²) in [6.07, 6.45) is 6.44. The van der Waals surface area contributed by atoms with Crippen LogP contribution in [0.15, 0.2) is 0 Å². The Hall–Kier alpha value is -0.610. The van der Waals surface area contributed by atoms with Gasteiger partial charge in [-0.3, -0.25) is 4.79 Å². The van der Waals surface area contributed by atoms with Gasteiger partial charge in [0.15, 0.2) is 0 Å². The molecule has 0 radical (unpaired) electrons. The summed E-state index contributed by atoms with van der Waals surface area (Å²) in [7, 11) is 0. The number of piperidine rings is 2. The molecule has 4 nitrogen and oxygen atoms in total. The summed E-state index contributed by atoms with van der Waals surface area (Å²) in [6.45, 7) is 6.72. The Morgan fingerprint density at radius 2 is 2.06 bits per heavy atom. The molecule has 2 atom stereocenters. The number of nitrogens with two attached hydrogens (primary N) is 1. The first-order valence-electron chi connectivity index (χ1n) is 7.42. The minimum absolute atomic E-state index is 0.117. The molecular weight excluding hydrogens is 226 g/mol. The summed E-state index contributed by atoms with van der Waals surface area (Å²) in [5, 5.41) is 0. The zero-order valence-electron chi connectivity index (χ0n) is 11.6. The van der Waals surface area contributed by atoms with E-state index in [0.29, 0.717) is 5.92 Å². The fourth-order valence-corrected chi connectivity index (χ4v) is 3.33. The van der Waals surface area contributed by atoms with Gasteiger partial charge in [-0.2, -0.15) is 0 Å². The number of carbonyl (C=O) groups excluding carboxylic acids is 1. The van der Waals surface area contributed by atoms with E-state index in [0.717, 1.165) is 32.1 Å². The lowest BCUT2D eigenvalue weighted by Gasteiger charge is -2.39. The number of carbonyl (C=O) groups is 1. The second kappa shape index (κ2) is 6.53. The minimum Gasteiger partial charge on any atom is -0.341 e. The van der Waals surface area contributed by atoms with Crippen molar-refractivity contribution in [1.82, 2.24) is 9.80 Å². The molecule has 2 aliphatic rings. The van der Waals surface area contributed by atoms with Crippen molar-refractivity contribution in [2.75, 3.05) is 32.7 Å². The largest absolute Gasteiger partial charge is 0.341 e. The number of hydrogen-bond acceptors (Lipinski definition) is 3. The first kappa shape index (κ1) is 13.8. The maximum Gasteiger partial charge on any atom is 0.236 e. The van der Waals surface area contributed by atoms with E-state index >= 15 is 0 Å². The van der Waals surface area contributed by atoms with Gasteiger partial charge in [-0.05, 0) is 45.1 Å². The molecule has 0 bridgehead atoms. The number of rotatable bonds is 3. The van der Waals surface area contributed by atoms with Crippen molar-refractivity contribution < 1.29 is 4.79 Å². The Kier molecular flexibility index (Phi) is 5.01. The third-order valence-corrected chi connectivity index (χ3v) is 4.48. The summed E-state index contributed by atoms with van der Waals surface area (Å²) in [4.78, 5) is 16.2. The maximum atomic E-state index is 11.7. The second-order valence-electron chi connectivity index (χ2n) is 5.89. The molecule has 18 heavy (non-hydrogen) atoms. The topological polar surface area (TPSA) is 49.6 Å².